The van der Waals surface area contributed by atoms with Gasteiger partial charge in [0.05, 0.1) is 12.5 Å². The van der Waals surface area contributed by atoms with E-state index in [1.807, 2.05) is 30.5 Å². The smallest absolute Gasteiger partial charge is 0.264 e. The monoisotopic (exact) mass is 397 g/mol. The first kappa shape index (κ1) is 19.0. The Morgan fingerprint density at radius 1 is 1.21 bits per heavy atom. The second kappa shape index (κ2) is 7.95. The van der Waals surface area contributed by atoms with Crippen molar-refractivity contribution in [3.8, 4) is 5.75 Å². The molecule has 0 bridgehead atoms. The molecule has 0 amide bonds. The number of hydrogen-bond donors (Lipinski definition) is 1. The summed E-state index contributed by atoms with van der Waals surface area (Å²) in [4.78, 5) is 20.4. The number of fused-ring (bicyclic) bond motifs is 3. The van der Waals surface area contributed by atoms with E-state index in [2.05, 4.69) is 17.4 Å². The van der Waals surface area contributed by atoms with Crippen LogP contribution >= 0.6 is 11.3 Å². The fraction of sp³-hybridized carbons (Fsp3) is 0.455. The number of methoxy groups -OCH3 is 1. The van der Waals surface area contributed by atoms with E-state index in [-0.39, 0.29) is 11.6 Å². The normalized spacial score (nSPS) is 13.7. The molecular formula is C22H27N3O2S. The van der Waals surface area contributed by atoms with Gasteiger partial charge in [0.1, 0.15) is 10.6 Å². The van der Waals surface area contributed by atoms with Crippen LogP contribution in [0.25, 0.3) is 10.2 Å². The largest absolute Gasteiger partial charge is 0.497 e. The highest BCUT2D eigenvalue weighted by Crippen LogP contribution is 2.34. The number of ether oxygens (including phenoxy) is 1. The van der Waals surface area contributed by atoms with Crippen molar-refractivity contribution in [3.63, 3.8) is 0 Å². The summed E-state index contributed by atoms with van der Waals surface area (Å²) >= 11 is 1.70. The predicted molar refractivity (Wildman–Crippen MR) is 116 cm³/mol. The first-order chi connectivity index (χ1) is 13.6. The third kappa shape index (κ3) is 3.53. The highest BCUT2D eigenvalue weighted by Gasteiger charge is 2.22. The van der Waals surface area contributed by atoms with Crippen molar-refractivity contribution < 1.29 is 4.74 Å². The van der Waals surface area contributed by atoms with Crippen molar-refractivity contribution in [3.05, 3.63) is 50.6 Å². The zero-order valence-electron chi connectivity index (χ0n) is 16.7. The lowest BCUT2D eigenvalue weighted by Gasteiger charge is -2.17. The van der Waals surface area contributed by atoms with Crippen LogP contribution in [0.1, 0.15) is 48.7 Å². The third-order valence-corrected chi connectivity index (χ3v) is 6.58. The molecule has 5 nitrogen and oxygen atoms in total. The maximum absolute atomic E-state index is 13.3. The molecular weight excluding hydrogens is 370 g/mol. The molecule has 0 saturated carbocycles. The van der Waals surface area contributed by atoms with Gasteiger partial charge in [-0.1, -0.05) is 12.1 Å². The van der Waals surface area contributed by atoms with Crippen LogP contribution in [-0.4, -0.2) is 23.2 Å². The summed E-state index contributed by atoms with van der Waals surface area (Å²) in [5.41, 5.74) is 2.58. The Hall–Kier alpha value is -2.34. The van der Waals surface area contributed by atoms with Crippen molar-refractivity contribution in [1.29, 1.82) is 0 Å². The van der Waals surface area contributed by atoms with Crippen LogP contribution in [0.2, 0.25) is 0 Å². The molecule has 148 valence electrons. The average Bonchev–Trinajstić information content (AvgIpc) is 3.07. The number of thiophene rings is 1. The SMILES string of the molecule is COc1ccc(CCNc2nc3sc4c(c3c(=O)n2C(C)C)CCCC4)cc1. The van der Waals surface area contributed by atoms with Crippen LogP contribution in [0.5, 0.6) is 5.75 Å². The van der Waals surface area contributed by atoms with Gasteiger partial charge in [-0.2, -0.15) is 0 Å². The molecule has 0 unspecified atom stereocenters. The van der Waals surface area contributed by atoms with Gasteiger partial charge in [-0.25, -0.2) is 4.98 Å². The Kier molecular flexibility index (Phi) is 5.40. The molecule has 0 spiro atoms. The summed E-state index contributed by atoms with van der Waals surface area (Å²) in [5, 5.41) is 4.27. The van der Waals surface area contributed by atoms with E-state index in [9.17, 15) is 4.79 Å². The minimum atomic E-state index is 0.0621. The fourth-order valence-electron chi connectivity index (χ4n) is 3.93. The van der Waals surface area contributed by atoms with Gasteiger partial charge in [-0.15, -0.1) is 11.3 Å². The average molecular weight is 398 g/mol. The molecule has 0 atom stereocenters. The Morgan fingerprint density at radius 3 is 2.68 bits per heavy atom. The lowest BCUT2D eigenvalue weighted by atomic mass is 9.97. The molecule has 2 aromatic heterocycles. The number of anilines is 1. The van der Waals surface area contributed by atoms with Crippen molar-refractivity contribution in [2.24, 2.45) is 0 Å². The maximum atomic E-state index is 13.3. The number of aryl methyl sites for hydroxylation is 2. The van der Waals surface area contributed by atoms with Crippen molar-refractivity contribution >= 4 is 27.5 Å². The Morgan fingerprint density at radius 2 is 1.96 bits per heavy atom. The van der Waals surface area contributed by atoms with Gasteiger partial charge in [0.25, 0.3) is 5.56 Å². The van der Waals surface area contributed by atoms with Crippen LogP contribution in [-0.2, 0) is 19.3 Å². The standard InChI is InChI=1S/C22H27N3O2S/c1-14(2)25-21(26)19-17-6-4-5-7-18(17)28-20(19)24-22(25)23-13-12-15-8-10-16(27-3)11-9-15/h8-11,14H,4-7,12-13H2,1-3H3,(H,23,24). The van der Waals surface area contributed by atoms with Crippen molar-refractivity contribution in [2.75, 3.05) is 19.0 Å². The lowest BCUT2D eigenvalue weighted by molar-refractivity contribution is 0.414. The van der Waals surface area contributed by atoms with Crippen molar-refractivity contribution in [1.82, 2.24) is 9.55 Å². The molecule has 1 N–H and O–H groups in total. The van der Waals surface area contributed by atoms with E-state index in [1.54, 1.807) is 18.4 Å². The topological polar surface area (TPSA) is 56.1 Å². The van der Waals surface area contributed by atoms with Crippen LogP contribution < -0.4 is 15.6 Å². The molecule has 28 heavy (non-hydrogen) atoms. The van der Waals surface area contributed by atoms with Gasteiger partial charge in [0.15, 0.2) is 0 Å². The lowest BCUT2D eigenvalue weighted by Crippen LogP contribution is -2.27. The van der Waals surface area contributed by atoms with E-state index in [0.29, 0.717) is 5.95 Å². The molecule has 0 fully saturated rings. The van der Waals surface area contributed by atoms with E-state index in [4.69, 9.17) is 9.72 Å². The second-order valence-electron chi connectivity index (χ2n) is 7.62. The number of hydrogen-bond acceptors (Lipinski definition) is 5. The fourth-order valence-corrected chi connectivity index (χ4v) is 5.18. The maximum Gasteiger partial charge on any atom is 0.264 e. The molecule has 3 aromatic rings. The van der Waals surface area contributed by atoms with Gasteiger partial charge in [0.2, 0.25) is 5.95 Å². The molecule has 4 rings (SSSR count). The molecule has 0 aliphatic heterocycles. The molecule has 0 radical (unpaired) electrons. The zero-order chi connectivity index (χ0) is 19.7. The minimum Gasteiger partial charge on any atom is -0.497 e. The minimum absolute atomic E-state index is 0.0621. The molecule has 6 heteroatoms. The van der Waals surface area contributed by atoms with Gasteiger partial charge in [-0.3, -0.25) is 9.36 Å². The van der Waals surface area contributed by atoms with E-state index >= 15 is 0 Å². The summed E-state index contributed by atoms with van der Waals surface area (Å²) < 4.78 is 7.03. The highest BCUT2D eigenvalue weighted by atomic mass is 32.1. The van der Waals surface area contributed by atoms with Gasteiger partial charge < -0.3 is 10.1 Å². The summed E-state index contributed by atoms with van der Waals surface area (Å²) in [6, 6.07) is 8.15. The van der Waals surface area contributed by atoms with Crippen LogP contribution in [0.4, 0.5) is 5.95 Å². The van der Waals surface area contributed by atoms with Crippen molar-refractivity contribution in [2.45, 2.75) is 52.0 Å². The summed E-state index contributed by atoms with van der Waals surface area (Å²) in [6.07, 6.45) is 5.33. The summed E-state index contributed by atoms with van der Waals surface area (Å²) in [5.74, 6) is 1.54. The number of benzene rings is 1. The van der Waals surface area contributed by atoms with Gasteiger partial charge in [-0.05, 0) is 69.2 Å². The summed E-state index contributed by atoms with van der Waals surface area (Å²) in [6.45, 7) is 4.81. The number of aromatic nitrogens is 2. The number of rotatable bonds is 6. The summed E-state index contributed by atoms with van der Waals surface area (Å²) in [7, 11) is 1.67. The molecule has 1 aromatic carbocycles. The predicted octanol–water partition coefficient (Wildman–Crippen LogP) is 4.58. The Balaban J connectivity index is 1.62. The second-order valence-corrected chi connectivity index (χ2v) is 8.70. The van der Waals surface area contributed by atoms with Crippen LogP contribution in [0.15, 0.2) is 29.1 Å². The number of nitrogens with zero attached hydrogens (tertiary/aromatic N) is 2. The Bertz CT molecular complexity index is 1030. The quantitative estimate of drug-likeness (QED) is 0.661. The first-order valence-corrected chi connectivity index (χ1v) is 10.8. The van der Waals surface area contributed by atoms with E-state index < -0.39 is 0 Å². The number of nitrogens with one attached hydrogen (secondary N) is 1. The van der Waals surface area contributed by atoms with E-state index in [1.165, 1.54) is 28.8 Å². The third-order valence-electron chi connectivity index (χ3n) is 5.39. The molecule has 1 aliphatic rings. The van der Waals surface area contributed by atoms with Crippen LogP contribution in [0.3, 0.4) is 0 Å². The van der Waals surface area contributed by atoms with E-state index in [0.717, 1.165) is 41.8 Å². The molecule has 1 aliphatic carbocycles. The highest BCUT2D eigenvalue weighted by molar-refractivity contribution is 7.18. The van der Waals surface area contributed by atoms with Gasteiger partial charge in [0, 0.05) is 17.5 Å². The van der Waals surface area contributed by atoms with Gasteiger partial charge >= 0.3 is 0 Å². The first-order valence-electron chi connectivity index (χ1n) is 10.0. The zero-order valence-corrected chi connectivity index (χ0v) is 17.6. The molecule has 0 saturated heterocycles. The molecule has 2 heterocycles. The Labute approximate surface area is 169 Å². The van der Waals surface area contributed by atoms with Crippen LogP contribution in [0, 0.1) is 0 Å².